The maximum absolute atomic E-state index is 4.66. The lowest BCUT2D eigenvalue weighted by Crippen LogP contribution is -1.81. The molecular weight excluding hydrogens is 172 g/mol. The van der Waals surface area contributed by atoms with Gasteiger partial charge in [0.05, 0.1) is 11.0 Å². The zero-order valence-corrected chi connectivity index (χ0v) is 8.25. The van der Waals surface area contributed by atoms with Crippen LogP contribution in [-0.2, 0) is 0 Å². The van der Waals surface area contributed by atoms with Crippen molar-refractivity contribution in [2.45, 2.75) is 25.7 Å². The standard InChI is InChI=1S/C12H13N2/c1-2-8-4-3-5-10-11(8)14-12(13-10)9-6-7-9/h2-5,9H,6-7H2,1H3,(H,13,14). The first-order valence-corrected chi connectivity index (χ1v) is 5.16. The van der Waals surface area contributed by atoms with Crippen LogP contribution >= 0.6 is 0 Å². The monoisotopic (exact) mass is 185 g/mol. The number of hydrogen-bond donors (Lipinski definition) is 1. The molecule has 1 aromatic carbocycles. The molecule has 0 atom stereocenters. The fraction of sp³-hybridized carbons (Fsp3) is 0.333. The van der Waals surface area contributed by atoms with Gasteiger partial charge in [0.25, 0.3) is 0 Å². The predicted molar refractivity (Wildman–Crippen MR) is 57.1 cm³/mol. The molecule has 71 valence electrons. The minimum atomic E-state index is 0.701. The Hall–Kier alpha value is -1.31. The van der Waals surface area contributed by atoms with Crippen molar-refractivity contribution in [2.75, 3.05) is 0 Å². The highest BCUT2D eigenvalue weighted by atomic mass is 14.9. The van der Waals surface area contributed by atoms with Crippen LogP contribution in [0.4, 0.5) is 0 Å². The quantitative estimate of drug-likeness (QED) is 0.765. The molecule has 1 N–H and O–H groups in total. The lowest BCUT2D eigenvalue weighted by atomic mass is 10.1. The summed E-state index contributed by atoms with van der Waals surface area (Å²) in [5.74, 6) is 1.88. The van der Waals surface area contributed by atoms with Crippen LogP contribution in [0, 0.1) is 6.42 Å². The number of fused-ring (bicyclic) bond motifs is 1. The van der Waals surface area contributed by atoms with E-state index in [9.17, 15) is 0 Å². The van der Waals surface area contributed by atoms with E-state index in [4.69, 9.17) is 0 Å². The van der Waals surface area contributed by atoms with Gasteiger partial charge in [-0.1, -0.05) is 19.1 Å². The van der Waals surface area contributed by atoms with Crippen molar-refractivity contribution in [3.63, 3.8) is 0 Å². The number of para-hydroxylation sites is 1. The Bertz CT molecular complexity index is 466. The summed E-state index contributed by atoms with van der Waals surface area (Å²) < 4.78 is 0. The third kappa shape index (κ3) is 1.14. The number of aromatic amines is 1. The van der Waals surface area contributed by atoms with Gasteiger partial charge in [0.2, 0.25) is 0 Å². The van der Waals surface area contributed by atoms with E-state index in [-0.39, 0.29) is 0 Å². The van der Waals surface area contributed by atoms with E-state index in [2.05, 4.69) is 41.5 Å². The normalized spacial score (nSPS) is 16.4. The molecule has 0 aliphatic heterocycles. The first kappa shape index (κ1) is 8.04. The fourth-order valence-corrected chi connectivity index (χ4v) is 1.86. The van der Waals surface area contributed by atoms with Gasteiger partial charge in [-0.05, 0) is 30.9 Å². The van der Waals surface area contributed by atoms with Gasteiger partial charge in [-0.3, -0.25) is 0 Å². The Morgan fingerprint density at radius 2 is 2.29 bits per heavy atom. The van der Waals surface area contributed by atoms with E-state index in [0.29, 0.717) is 5.92 Å². The summed E-state index contributed by atoms with van der Waals surface area (Å²) >= 11 is 0. The van der Waals surface area contributed by atoms with Crippen molar-refractivity contribution in [2.24, 2.45) is 0 Å². The molecule has 0 amide bonds. The van der Waals surface area contributed by atoms with Crippen molar-refractivity contribution in [1.29, 1.82) is 0 Å². The Labute approximate surface area is 83.4 Å². The lowest BCUT2D eigenvalue weighted by molar-refractivity contribution is 0.986. The Morgan fingerprint density at radius 3 is 3.00 bits per heavy atom. The van der Waals surface area contributed by atoms with E-state index >= 15 is 0 Å². The molecule has 14 heavy (non-hydrogen) atoms. The molecule has 0 unspecified atom stereocenters. The van der Waals surface area contributed by atoms with Crippen LogP contribution < -0.4 is 0 Å². The number of imidazole rings is 1. The second kappa shape index (κ2) is 2.84. The van der Waals surface area contributed by atoms with E-state index < -0.39 is 0 Å². The number of nitrogens with one attached hydrogen (secondary N) is 1. The van der Waals surface area contributed by atoms with Crippen LogP contribution in [-0.4, -0.2) is 9.97 Å². The van der Waals surface area contributed by atoms with Crippen molar-refractivity contribution in [3.05, 3.63) is 36.0 Å². The number of H-pyrrole nitrogens is 1. The molecular formula is C12H13N2. The summed E-state index contributed by atoms with van der Waals surface area (Å²) in [7, 11) is 0. The summed E-state index contributed by atoms with van der Waals surface area (Å²) in [6.45, 7) is 2.06. The maximum atomic E-state index is 4.66. The van der Waals surface area contributed by atoms with Gasteiger partial charge in [-0.15, -0.1) is 0 Å². The Balaban J connectivity index is 2.20. The van der Waals surface area contributed by atoms with Gasteiger partial charge in [0.1, 0.15) is 5.82 Å². The minimum Gasteiger partial charge on any atom is -0.342 e. The van der Waals surface area contributed by atoms with Crippen molar-refractivity contribution < 1.29 is 0 Å². The second-order valence-electron chi connectivity index (χ2n) is 3.93. The molecule has 0 bridgehead atoms. The van der Waals surface area contributed by atoms with Crippen LogP contribution in [0.1, 0.15) is 37.1 Å². The largest absolute Gasteiger partial charge is 0.342 e. The van der Waals surface area contributed by atoms with E-state index in [1.54, 1.807) is 0 Å². The molecule has 1 fully saturated rings. The summed E-state index contributed by atoms with van der Waals surface area (Å²) in [6.07, 6.45) is 4.70. The van der Waals surface area contributed by atoms with Crippen LogP contribution in [0.5, 0.6) is 0 Å². The summed E-state index contributed by atoms with van der Waals surface area (Å²) in [5.41, 5.74) is 3.52. The number of hydrogen-bond acceptors (Lipinski definition) is 1. The molecule has 2 heteroatoms. The zero-order chi connectivity index (χ0) is 9.54. The molecule has 1 aliphatic carbocycles. The Morgan fingerprint density at radius 1 is 1.43 bits per heavy atom. The minimum absolute atomic E-state index is 0.701. The predicted octanol–water partition coefficient (Wildman–Crippen LogP) is 3.01. The van der Waals surface area contributed by atoms with Crippen molar-refractivity contribution in [3.8, 4) is 0 Å². The van der Waals surface area contributed by atoms with E-state index in [1.807, 2.05) is 0 Å². The van der Waals surface area contributed by atoms with Crippen LogP contribution in [0.2, 0.25) is 0 Å². The Kier molecular flexibility index (Phi) is 1.63. The topological polar surface area (TPSA) is 28.7 Å². The molecule has 1 saturated carbocycles. The first-order valence-electron chi connectivity index (χ1n) is 5.16. The van der Waals surface area contributed by atoms with Gasteiger partial charge in [0.15, 0.2) is 0 Å². The van der Waals surface area contributed by atoms with Gasteiger partial charge >= 0.3 is 0 Å². The smallest absolute Gasteiger partial charge is 0.110 e. The highest BCUT2D eigenvalue weighted by Crippen LogP contribution is 2.39. The number of nitrogens with zero attached hydrogens (tertiary/aromatic N) is 1. The molecule has 0 spiro atoms. The molecule has 1 aliphatic rings. The SMILES string of the molecule is C[CH]c1cccc2[nH]c(C3CC3)nc12. The maximum Gasteiger partial charge on any atom is 0.110 e. The number of aromatic nitrogens is 2. The van der Waals surface area contributed by atoms with Crippen LogP contribution in [0.25, 0.3) is 11.0 Å². The summed E-state index contributed by atoms with van der Waals surface area (Å²) in [4.78, 5) is 8.06. The highest BCUT2D eigenvalue weighted by Gasteiger charge is 2.26. The van der Waals surface area contributed by atoms with E-state index in [1.165, 1.54) is 29.7 Å². The zero-order valence-electron chi connectivity index (χ0n) is 8.25. The molecule has 1 aromatic heterocycles. The molecule has 1 heterocycles. The average Bonchev–Trinajstić information content (AvgIpc) is 2.97. The third-order valence-electron chi connectivity index (χ3n) is 2.84. The number of benzene rings is 1. The van der Waals surface area contributed by atoms with Crippen LogP contribution in [0.3, 0.4) is 0 Å². The van der Waals surface area contributed by atoms with Crippen molar-refractivity contribution >= 4 is 11.0 Å². The van der Waals surface area contributed by atoms with Gasteiger partial charge in [0, 0.05) is 5.92 Å². The molecule has 1 radical (unpaired) electrons. The third-order valence-corrected chi connectivity index (χ3v) is 2.84. The molecule has 2 nitrogen and oxygen atoms in total. The molecule has 2 aromatic rings. The number of rotatable bonds is 2. The lowest BCUT2D eigenvalue weighted by Gasteiger charge is -1.94. The first-order chi connectivity index (χ1) is 6.88. The second-order valence-corrected chi connectivity index (χ2v) is 3.93. The molecule has 3 rings (SSSR count). The highest BCUT2D eigenvalue weighted by molar-refractivity contribution is 5.80. The summed E-state index contributed by atoms with van der Waals surface area (Å²) in [6, 6.07) is 6.29. The van der Waals surface area contributed by atoms with E-state index in [0.717, 1.165) is 5.52 Å². The van der Waals surface area contributed by atoms with Crippen LogP contribution in [0.15, 0.2) is 18.2 Å². The fourth-order valence-electron chi connectivity index (χ4n) is 1.86. The van der Waals surface area contributed by atoms with Crippen molar-refractivity contribution in [1.82, 2.24) is 9.97 Å². The molecule has 0 saturated heterocycles. The average molecular weight is 185 g/mol. The summed E-state index contributed by atoms with van der Waals surface area (Å²) in [5, 5.41) is 0. The van der Waals surface area contributed by atoms with Gasteiger partial charge in [-0.2, -0.15) is 0 Å². The van der Waals surface area contributed by atoms with Gasteiger partial charge in [-0.25, -0.2) is 4.98 Å². The van der Waals surface area contributed by atoms with Gasteiger partial charge < -0.3 is 4.98 Å².